The number of amides is 2. The van der Waals surface area contributed by atoms with E-state index in [1.807, 2.05) is 34.6 Å². The smallest absolute Gasteiger partial charge is 0.408 e. The first-order valence-corrected chi connectivity index (χ1v) is 17.1. The van der Waals surface area contributed by atoms with Gasteiger partial charge < -0.3 is 24.8 Å². The molecule has 2 saturated carbocycles. The van der Waals surface area contributed by atoms with Gasteiger partial charge in [0.1, 0.15) is 22.6 Å². The van der Waals surface area contributed by atoms with Crippen LogP contribution in [0.5, 0.6) is 0 Å². The Balaban J connectivity index is 1.81. The van der Waals surface area contributed by atoms with E-state index in [2.05, 4.69) is 24.1 Å². The van der Waals surface area contributed by atoms with Crippen LogP contribution < -0.4 is 10.2 Å². The molecule has 2 aliphatic rings. The number of esters is 1. The molecule has 0 unspecified atom stereocenters. The molecule has 3 rings (SSSR count). The largest absolute Gasteiger partial charge is 0.477 e. The Morgan fingerprint density at radius 1 is 0.978 bits per heavy atom. The van der Waals surface area contributed by atoms with Crippen LogP contribution in [0.15, 0.2) is 6.07 Å². The lowest BCUT2D eigenvalue weighted by Crippen LogP contribution is -2.49. The first kappa shape index (κ1) is 36.4. The molecule has 0 saturated heterocycles. The number of carbonyl (C=O) groups is 4. The van der Waals surface area contributed by atoms with Crippen molar-refractivity contribution in [2.45, 2.75) is 137 Å². The number of thiophene rings is 1. The normalized spacial score (nSPS) is 22.9. The van der Waals surface area contributed by atoms with Gasteiger partial charge in [0.15, 0.2) is 0 Å². The number of ether oxygens (including phenoxy) is 2. The minimum atomic E-state index is -1.08. The number of carboxylic acids is 1. The number of hydrogen-bond acceptors (Lipinski definition) is 7. The molecule has 0 radical (unpaired) electrons. The lowest BCUT2D eigenvalue weighted by molar-refractivity contribution is -0.154. The summed E-state index contributed by atoms with van der Waals surface area (Å²) in [5.74, 6) is 4.89. The van der Waals surface area contributed by atoms with Gasteiger partial charge in [-0.15, -0.1) is 11.3 Å². The molecule has 1 atom stereocenters. The maximum Gasteiger partial charge on any atom is 0.408 e. The summed E-state index contributed by atoms with van der Waals surface area (Å²) in [7, 11) is 0. The first-order chi connectivity index (χ1) is 20.8. The summed E-state index contributed by atoms with van der Waals surface area (Å²) >= 11 is 1.11. The third-order valence-electron chi connectivity index (χ3n) is 8.21. The second-order valence-corrected chi connectivity index (χ2v) is 16.1. The minimum Gasteiger partial charge on any atom is -0.477 e. The summed E-state index contributed by atoms with van der Waals surface area (Å²) in [6.07, 6.45) is 4.60. The highest BCUT2D eigenvalue weighted by molar-refractivity contribution is 7.15. The van der Waals surface area contributed by atoms with Crippen molar-refractivity contribution in [1.82, 2.24) is 5.32 Å². The molecule has 2 amide bonds. The summed E-state index contributed by atoms with van der Waals surface area (Å²) in [5, 5.41) is 12.8. The Morgan fingerprint density at radius 3 is 2.09 bits per heavy atom. The molecule has 0 aliphatic heterocycles. The van der Waals surface area contributed by atoms with Gasteiger partial charge in [-0.3, -0.25) is 4.79 Å². The van der Waals surface area contributed by atoms with E-state index >= 15 is 0 Å². The number of carbonyl (C=O) groups excluding carboxylic acids is 3. The molecule has 1 aromatic rings. The maximum absolute atomic E-state index is 14.2. The van der Waals surface area contributed by atoms with Gasteiger partial charge in [-0.2, -0.15) is 0 Å². The molecule has 0 bridgehead atoms. The summed E-state index contributed by atoms with van der Waals surface area (Å²) in [5.41, 5.74) is -0.541. The van der Waals surface area contributed by atoms with Gasteiger partial charge in [-0.25, -0.2) is 14.4 Å². The van der Waals surface area contributed by atoms with Gasteiger partial charge in [-0.05, 0) is 111 Å². The lowest BCUT2D eigenvalue weighted by atomic mass is 9.81. The van der Waals surface area contributed by atoms with Crippen LogP contribution in [0.2, 0.25) is 0 Å². The fourth-order valence-corrected chi connectivity index (χ4v) is 6.66. The average Bonchev–Trinajstić information content (AvgIpc) is 3.34. The van der Waals surface area contributed by atoms with E-state index in [1.54, 1.807) is 31.7 Å². The minimum absolute atomic E-state index is 0.0283. The van der Waals surface area contributed by atoms with E-state index in [4.69, 9.17) is 9.47 Å². The highest BCUT2D eigenvalue weighted by Crippen LogP contribution is 2.39. The molecule has 2 aliphatic carbocycles. The Bertz CT molecular complexity index is 1280. The molecule has 0 spiro atoms. The van der Waals surface area contributed by atoms with Crippen LogP contribution in [0.25, 0.3) is 0 Å². The monoisotopic (exact) mass is 644 g/mol. The van der Waals surface area contributed by atoms with Crippen LogP contribution in [-0.4, -0.2) is 52.8 Å². The topological polar surface area (TPSA) is 122 Å². The number of nitrogens with one attached hydrogen (secondary N) is 1. The molecule has 9 nitrogen and oxygen atoms in total. The van der Waals surface area contributed by atoms with E-state index < -0.39 is 29.7 Å². The third-order valence-corrected chi connectivity index (χ3v) is 9.24. The van der Waals surface area contributed by atoms with Crippen molar-refractivity contribution < 1.29 is 33.8 Å². The zero-order valence-corrected chi connectivity index (χ0v) is 29.3. The molecule has 10 heteroatoms. The highest BCUT2D eigenvalue weighted by Gasteiger charge is 2.39. The van der Waals surface area contributed by atoms with Crippen molar-refractivity contribution >= 4 is 41.0 Å². The number of hydrogen-bond donors (Lipinski definition) is 2. The van der Waals surface area contributed by atoms with Crippen LogP contribution in [0, 0.1) is 35.0 Å². The van der Waals surface area contributed by atoms with Gasteiger partial charge >= 0.3 is 18.0 Å². The maximum atomic E-state index is 14.2. The van der Waals surface area contributed by atoms with Crippen molar-refractivity contribution in [3.05, 3.63) is 15.8 Å². The van der Waals surface area contributed by atoms with E-state index in [-0.39, 0.29) is 40.2 Å². The first-order valence-electron chi connectivity index (χ1n) is 16.3. The van der Waals surface area contributed by atoms with Crippen molar-refractivity contribution in [2.24, 2.45) is 23.2 Å². The summed E-state index contributed by atoms with van der Waals surface area (Å²) < 4.78 is 11.2. The number of alkyl carbamates (subject to hydrolysis) is 1. The molecule has 1 heterocycles. The summed E-state index contributed by atoms with van der Waals surface area (Å²) in [6.45, 7) is 17.1. The van der Waals surface area contributed by atoms with Crippen molar-refractivity contribution in [3.63, 3.8) is 0 Å². The van der Waals surface area contributed by atoms with Crippen molar-refractivity contribution in [1.29, 1.82) is 0 Å². The van der Waals surface area contributed by atoms with Crippen LogP contribution in [0.1, 0.15) is 128 Å². The van der Waals surface area contributed by atoms with Gasteiger partial charge in [-0.1, -0.05) is 32.6 Å². The fraction of sp³-hybridized carbons (Fsp3) is 0.714. The average molecular weight is 645 g/mol. The SMILES string of the molecule is CC(C)[C@@H](NC(=O)OC(C)(C)C)C(=O)O[C@H]1CC[C@H](N(c2cc(C#CC(C)(C)C)sc2C(=O)O)C(=O)[C@H]2CC[C@H](C)CC2)CC1. The van der Waals surface area contributed by atoms with Gasteiger partial charge in [0.05, 0.1) is 10.6 Å². The van der Waals surface area contributed by atoms with Crippen molar-refractivity contribution in [3.8, 4) is 11.8 Å². The number of aromatic carboxylic acids is 1. The van der Waals surface area contributed by atoms with Crippen LogP contribution >= 0.6 is 11.3 Å². The Labute approximate surface area is 272 Å². The standard InChI is InChI=1S/C35H52N2O7S/c1-21(2)28(36-33(42)44-35(7,8)9)32(41)43-25-16-14-24(15-17-25)37(30(38)23-12-10-22(3)11-13-23)27-20-26(18-19-34(4,5)6)45-29(27)31(39)40/h20-25,28H,10-17H2,1-9H3,(H,36,42)(H,39,40)/t22-,23-,24-,25-,28-/m1/s1. The lowest BCUT2D eigenvalue weighted by Gasteiger charge is -2.39. The second kappa shape index (κ2) is 15.0. The highest BCUT2D eigenvalue weighted by atomic mass is 32.1. The molecule has 250 valence electrons. The third kappa shape index (κ3) is 10.8. The number of rotatable bonds is 8. The van der Waals surface area contributed by atoms with Crippen LogP contribution in [-0.2, 0) is 19.1 Å². The number of nitrogens with zero attached hydrogens (tertiary/aromatic N) is 1. The zero-order chi connectivity index (χ0) is 33.7. The Hall–Kier alpha value is -3.06. The quantitative estimate of drug-likeness (QED) is 0.223. The molecular weight excluding hydrogens is 592 g/mol. The molecule has 2 N–H and O–H groups in total. The zero-order valence-electron chi connectivity index (χ0n) is 28.5. The van der Waals surface area contributed by atoms with E-state index in [9.17, 15) is 24.3 Å². The van der Waals surface area contributed by atoms with Crippen LogP contribution in [0.4, 0.5) is 10.5 Å². The fourth-order valence-electron chi connectivity index (χ4n) is 5.81. The Kier molecular flexibility index (Phi) is 12.2. The van der Waals surface area contributed by atoms with Gasteiger partial charge in [0.25, 0.3) is 0 Å². The number of anilines is 1. The molecule has 2 fully saturated rings. The molecule has 45 heavy (non-hydrogen) atoms. The van der Waals surface area contributed by atoms with E-state index in [0.717, 1.165) is 37.0 Å². The molecule has 0 aromatic carbocycles. The molecular formula is C35H52N2O7S. The summed E-state index contributed by atoms with van der Waals surface area (Å²) in [4.78, 5) is 54.6. The Morgan fingerprint density at radius 2 is 1.58 bits per heavy atom. The van der Waals surface area contributed by atoms with Gasteiger partial charge in [0, 0.05) is 17.4 Å². The van der Waals surface area contributed by atoms with Crippen molar-refractivity contribution in [2.75, 3.05) is 4.90 Å². The predicted octanol–water partition coefficient (Wildman–Crippen LogP) is 7.41. The van der Waals surface area contributed by atoms with E-state index in [0.29, 0.717) is 42.2 Å². The predicted molar refractivity (Wildman–Crippen MR) is 176 cm³/mol. The van der Waals surface area contributed by atoms with Gasteiger partial charge in [0.2, 0.25) is 5.91 Å². The van der Waals surface area contributed by atoms with E-state index in [1.165, 1.54) is 0 Å². The summed E-state index contributed by atoms with van der Waals surface area (Å²) in [6, 6.07) is 0.669. The second-order valence-electron chi connectivity index (χ2n) is 15.0. The van der Waals surface area contributed by atoms with Crippen LogP contribution in [0.3, 0.4) is 0 Å². The number of carboxylic acid groups (broad SMARTS) is 1. The molecule has 1 aromatic heterocycles.